The molecule has 9 heteroatoms. The zero-order valence-electron chi connectivity index (χ0n) is 20.9. The number of carbonyl (C=O) groups excluding carboxylic acids is 4. The number of thioether (sulfide) groups is 1. The quantitative estimate of drug-likeness (QED) is 0.279. The number of carbonyl (C=O) groups is 4. The van der Waals surface area contributed by atoms with E-state index in [4.69, 9.17) is 9.47 Å². The molecule has 3 aromatic carbocycles. The lowest BCUT2D eigenvalue weighted by Gasteiger charge is -2.13. The number of ether oxygens (including phenoxy) is 2. The Morgan fingerprint density at radius 3 is 2.42 bits per heavy atom. The van der Waals surface area contributed by atoms with E-state index in [0.717, 1.165) is 22.2 Å². The summed E-state index contributed by atoms with van der Waals surface area (Å²) in [6, 6.07) is 21.0. The predicted octanol–water partition coefficient (Wildman–Crippen LogP) is 5.33. The first-order valence-electron chi connectivity index (χ1n) is 11.9. The van der Waals surface area contributed by atoms with Gasteiger partial charge in [-0.25, -0.2) is 0 Å². The molecule has 4 rings (SSSR count). The summed E-state index contributed by atoms with van der Waals surface area (Å²) >= 11 is 0.775. The van der Waals surface area contributed by atoms with Gasteiger partial charge in [0.05, 0.1) is 18.1 Å². The molecule has 0 unspecified atom stereocenters. The van der Waals surface area contributed by atoms with Gasteiger partial charge in [-0.15, -0.1) is 0 Å². The van der Waals surface area contributed by atoms with Crippen LogP contribution in [0.3, 0.4) is 0 Å². The summed E-state index contributed by atoms with van der Waals surface area (Å²) in [5.41, 5.74) is 2.68. The molecule has 1 saturated heterocycles. The Balaban J connectivity index is 1.44. The highest BCUT2D eigenvalue weighted by molar-refractivity contribution is 8.18. The van der Waals surface area contributed by atoms with Crippen LogP contribution >= 0.6 is 11.8 Å². The maximum atomic E-state index is 12.9. The number of hydrogen-bond acceptors (Lipinski definition) is 7. The summed E-state index contributed by atoms with van der Waals surface area (Å²) in [7, 11) is 0. The normalized spacial score (nSPS) is 14.1. The van der Waals surface area contributed by atoms with Gasteiger partial charge in [-0.1, -0.05) is 54.6 Å². The molecule has 0 saturated carbocycles. The maximum absolute atomic E-state index is 12.9. The van der Waals surface area contributed by atoms with Crippen LogP contribution < -0.4 is 14.8 Å². The van der Waals surface area contributed by atoms with Crippen LogP contribution in [0.5, 0.6) is 11.5 Å². The van der Waals surface area contributed by atoms with Crippen LogP contribution in [0, 0.1) is 6.92 Å². The first-order chi connectivity index (χ1) is 18.4. The van der Waals surface area contributed by atoms with Crippen molar-refractivity contribution in [3.05, 3.63) is 94.4 Å². The van der Waals surface area contributed by atoms with E-state index in [1.807, 2.05) is 38.1 Å². The number of nitrogens with one attached hydrogen (secondary N) is 1. The van der Waals surface area contributed by atoms with E-state index in [2.05, 4.69) is 5.32 Å². The fourth-order valence-electron chi connectivity index (χ4n) is 3.69. The number of amides is 3. The molecular weight excluding hydrogens is 504 g/mol. The van der Waals surface area contributed by atoms with E-state index in [1.54, 1.807) is 54.6 Å². The SMILES string of the molecule is CCOc1cc(/C=C2\SC(=O)N(CC(=O)c3ccccc3)C2=O)ccc1OCC(=O)Nc1ccccc1C. The molecule has 1 aliphatic heterocycles. The van der Waals surface area contributed by atoms with Crippen molar-refractivity contribution in [3.8, 4) is 11.5 Å². The third-order valence-electron chi connectivity index (χ3n) is 5.61. The van der Waals surface area contributed by atoms with Crippen molar-refractivity contribution in [2.24, 2.45) is 0 Å². The molecule has 3 amide bonds. The lowest BCUT2D eigenvalue weighted by Crippen LogP contribution is -2.33. The van der Waals surface area contributed by atoms with Crippen molar-refractivity contribution in [2.75, 3.05) is 25.1 Å². The van der Waals surface area contributed by atoms with Crippen molar-refractivity contribution in [1.29, 1.82) is 0 Å². The van der Waals surface area contributed by atoms with E-state index >= 15 is 0 Å². The maximum Gasteiger partial charge on any atom is 0.293 e. The first-order valence-corrected chi connectivity index (χ1v) is 12.8. The Kier molecular flexibility index (Phi) is 8.60. The van der Waals surface area contributed by atoms with Gasteiger partial charge in [0.1, 0.15) is 0 Å². The molecule has 1 N–H and O–H groups in total. The number of rotatable bonds is 10. The van der Waals surface area contributed by atoms with Crippen LogP contribution in [0.4, 0.5) is 10.5 Å². The van der Waals surface area contributed by atoms with Crippen molar-refractivity contribution >= 4 is 46.4 Å². The monoisotopic (exact) mass is 530 g/mol. The number of anilines is 1. The Morgan fingerprint density at radius 2 is 1.68 bits per heavy atom. The molecule has 3 aromatic rings. The zero-order valence-corrected chi connectivity index (χ0v) is 21.7. The van der Waals surface area contributed by atoms with Gasteiger partial charge in [-0.2, -0.15) is 0 Å². The highest BCUT2D eigenvalue weighted by Crippen LogP contribution is 2.35. The third kappa shape index (κ3) is 6.49. The Hall–Kier alpha value is -4.37. The zero-order chi connectivity index (χ0) is 27.1. The smallest absolute Gasteiger partial charge is 0.293 e. The standard InChI is InChI=1S/C29H26N2O6S/c1-3-36-25-15-20(13-14-24(25)37-18-27(33)30-22-12-8-7-9-19(22)2)16-26-28(34)31(29(35)38-26)17-23(32)21-10-5-4-6-11-21/h4-16H,3,17-18H2,1-2H3,(H,30,33)/b26-16-. The number of ketones is 1. The van der Waals surface area contributed by atoms with Crippen molar-refractivity contribution in [1.82, 2.24) is 4.90 Å². The highest BCUT2D eigenvalue weighted by atomic mass is 32.2. The largest absolute Gasteiger partial charge is 0.490 e. The van der Waals surface area contributed by atoms with Gasteiger partial charge in [0.25, 0.3) is 17.1 Å². The van der Waals surface area contributed by atoms with Gasteiger partial charge in [0.15, 0.2) is 23.9 Å². The van der Waals surface area contributed by atoms with E-state index in [-0.39, 0.29) is 29.7 Å². The molecule has 1 fully saturated rings. The molecule has 0 spiro atoms. The Labute approximate surface area is 224 Å². The number of hydrogen-bond donors (Lipinski definition) is 1. The molecule has 0 radical (unpaired) electrons. The molecule has 0 aliphatic carbocycles. The fraction of sp³-hybridized carbons (Fsp3) is 0.172. The Morgan fingerprint density at radius 1 is 0.947 bits per heavy atom. The van der Waals surface area contributed by atoms with Gasteiger partial charge in [0.2, 0.25) is 0 Å². The van der Waals surface area contributed by atoms with Gasteiger partial charge < -0.3 is 14.8 Å². The lowest BCUT2D eigenvalue weighted by atomic mass is 10.1. The molecule has 0 bridgehead atoms. The highest BCUT2D eigenvalue weighted by Gasteiger charge is 2.36. The summed E-state index contributed by atoms with van der Waals surface area (Å²) < 4.78 is 11.4. The second kappa shape index (κ2) is 12.2. The molecule has 1 heterocycles. The summed E-state index contributed by atoms with van der Waals surface area (Å²) in [6.45, 7) is 3.53. The minimum absolute atomic E-state index is 0.199. The molecule has 8 nitrogen and oxygen atoms in total. The molecule has 194 valence electrons. The van der Waals surface area contributed by atoms with Crippen LogP contribution in [-0.4, -0.2) is 47.5 Å². The summed E-state index contributed by atoms with van der Waals surface area (Å²) in [5, 5.41) is 2.31. The van der Waals surface area contributed by atoms with Gasteiger partial charge in [-0.3, -0.25) is 24.1 Å². The third-order valence-corrected chi connectivity index (χ3v) is 6.52. The van der Waals surface area contributed by atoms with Crippen LogP contribution in [0.15, 0.2) is 77.7 Å². The summed E-state index contributed by atoms with van der Waals surface area (Å²) in [4.78, 5) is 51.4. The van der Waals surface area contributed by atoms with Gasteiger partial charge in [0, 0.05) is 11.3 Å². The predicted molar refractivity (Wildman–Crippen MR) is 146 cm³/mol. The number of imide groups is 1. The van der Waals surface area contributed by atoms with Crippen LogP contribution in [0.2, 0.25) is 0 Å². The molecule has 0 aromatic heterocycles. The second-order valence-corrected chi connectivity index (χ2v) is 9.34. The minimum atomic E-state index is -0.532. The summed E-state index contributed by atoms with van der Waals surface area (Å²) in [5.74, 6) is -0.408. The van der Waals surface area contributed by atoms with Gasteiger partial charge in [-0.05, 0) is 61.0 Å². The van der Waals surface area contributed by atoms with Crippen LogP contribution in [0.1, 0.15) is 28.4 Å². The topological polar surface area (TPSA) is 102 Å². The molecule has 38 heavy (non-hydrogen) atoms. The van der Waals surface area contributed by atoms with Crippen molar-refractivity contribution in [2.45, 2.75) is 13.8 Å². The molecule has 1 aliphatic rings. The minimum Gasteiger partial charge on any atom is -0.490 e. The fourth-order valence-corrected chi connectivity index (χ4v) is 4.53. The number of aryl methyl sites for hydroxylation is 1. The molecular formula is C29H26N2O6S. The lowest BCUT2D eigenvalue weighted by molar-refractivity contribution is -0.122. The first kappa shape index (κ1) is 26.7. The average Bonchev–Trinajstić information content (AvgIpc) is 3.17. The van der Waals surface area contributed by atoms with E-state index in [9.17, 15) is 19.2 Å². The van der Waals surface area contributed by atoms with E-state index in [0.29, 0.717) is 34.9 Å². The van der Waals surface area contributed by atoms with Crippen molar-refractivity contribution < 1.29 is 28.7 Å². The molecule has 0 atom stereocenters. The number of Topliss-reactive ketones (excluding diaryl/α,β-unsaturated/α-hetero) is 1. The summed E-state index contributed by atoms with van der Waals surface area (Å²) in [6.07, 6.45) is 1.56. The van der Waals surface area contributed by atoms with Crippen LogP contribution in [-0.2, 0) is 9.59 Å². The Bertz CT molecular complexity index is 1400. The number of para-hydroxylation sites is 1. The van der Waals surface area contributed by atoms with Crippen molar-refractivity contribution in [3.63, 3.8) is 0 Å². The number of nitrogens with zero attached hydrogens (tertiary/aromatic N) is 1. The number of benzene rings is 3. The van der Waals surface area contributed by atoms with E-state index < -0.39 is 11.1 Å². The second-order valence-electron chi connectivity index (χ2n) is 8.35. The van der Waals surface area contributed by atoms with Gasteiger partial charge >= 0.3 is 0 Å². The van der Waals surface area contributed by atoms with Crippen LogP contribution in [0.25, 0.3) is 6.08 Å². The van der Waals surface area contributed by atoms with E-state index in [1.165, 1.54) is 0 Å². The average molecular weight is 531 g/mol.